The summed E-state index contributed by atoms with van der Waals surface area (Å²) in [5.74, 6) is -0.244. The third-order valence-electron chi connectivity index (χ3n) is 3.89. The fourth-order valence-electron chi connectivity index (χ4n) is 2.54. The number of thiazole rings is 1. The first-order valence-electron chi connectivity index (χ1n) is 8.41. The van der Waals surface area contributed by atoms with Crippen LogP contribution in [0.25, 0.3) is 0 Å². The van der Waals surface area contributed by atoms with Crippen LogP contribution < -0.4 is 16.0 Å². The van der Waals surface area contributed by atoms with E-state index in [-0.39, 0.29) is 5.91 Å². The van der Waals surface area contributed by atoms with Crippen molar-refractivity contribution < 1.29 is 9.59 Å². The number of aryl methyl sites for hydroxylation is 3. The first kappa shape index (κ1) is 18.6. The Bertz CT molecular complexity index is 997. The molecule has 0 aliphatic heterocycles. The van der Waals surface area contributed by atoms with E-state index in [9.17, 15) is 9.59 Å². The highest BCUT2D eigenvalue weighted by Crippen LogP contribution is 2.24. The molecule has 1 heterocycles. The van der Waals surface area contributed by atoms with E-state index in [1.807, 2.05) is 56.3 Å². The minimum absolute atomic E-state index is 0.244. The van der Waals surface area contributed by atoms with E-state index in [0.717, 1.165) is 28.2 Å². The fraction of sp³-hybridized carbons (Fsp3) is 0.150. The number of hydrogen-bond acceptors (Lipinski definition) is 4. The number of para-hydroxylation sites is 1. The highest BCUT2D eigenvalue weighted by Gasteiger charge is 2.17. The van der Waals surface area contributed by atoms with Gasteiger partial charge in [-0.05, 0) is 50.1 Å². The van der Waals surface area contributed by atoms with Gasteiger partial charge in [-0.3, -0.25) is 10.1 Å². The van der Waals surface area contributed by atoms with Crippen LogP contribution in [0.1, 0.15) is 26.5 Å². The molecular formula is C20H20N4O2S. The Morgan fingerprint density at radius 3 is 2.44 bits per heavy atom. The number of amides is 3. The molecule has 0 atom stereocenters. The Labute approximate surface area is 161 Å². The van der Waals surface area contributed by atoms with Crippen molar-refractivity contribution in [2.24, 2.45) is 0 Å². The molecule has 0 spiro atoms. The van der Waals surface area contributed by atoms with E-state index in [4.69, 9.17) is 0 Å². The maximum absolute atomic E-state index is 12.5. The second kappa shape index (κ2) is 8.01. The number of aromatic nitrogens is 1. The molecule has 27 heavy (non-hydrogen) atoms. The van der Waals surface area contributed by atoms with Crippen molar-refractivity contribution in [3.05, 3.63) is 70.2 Å². The molecule has 1 aromatic heterocycles. The lowest BCUT2D eigenvalue weighted by Gasteiger charge is -2.07. The predicted molar refractivity (Wildman–Crippen MR) is 110 cm³/mol. The molecule has 0 radical (unpaired) electrons. The van der Waals surface area contributed by atoms with Crippen molar-refractivity contribution in [3.8, 4) is 0 Å². The summed E-state index contributed by atoms with van der Waals surface area (Å²) in [4.78, 5) is 29.5. The molecule has 0 saturated carbocycles. The van der Waals surface area contributed by atoms with E-state index in [2.05, 4.69) is 20.9 Å². The standard InChI is InChI=1S/C20H20N4O2S/c1-12-7-6-9-15(11-12)22-19(26)24-20-21-14(3)17(27-20)18(25)23-16-10-5-4-8-13(16)2/h4-11H,1-3H3,(H,23,25)(H2,21,22,24,26). The monoisotopic (exact) mass is 380 g/mol. The normalized spacial score (nSPS) is 10.3. The molecule has 0 saturated heterocycles. The average molecular weight is 380 g/mol. The number of nitrogens with zero attached hydrogens (tertiary/aromatic N) is 1. The van der Waals surface area contributed by atoms with E-state index in [1.54, 1.807) is 13.0 Å². The van der Waals surface area contributed by atoms with Gasteiger partial charge < -0.3 is 10.6 Å². The van der Waals surface area contributed by atoms with Crippen LogP contribution in [0.5, 0.6) is 0 Å². The Morgan fingerprint density at radius 2 is 1.70 bits per heavy atom. The Hall–Kier alpha value is -3.19. The lowest BCUT2D eigenvalue weighted by atomic mass is 10.2. The number of hydrogen-bond donors (Lipinski definition) is 3. The van der Waals surface area contributed by atoms with Gasteiger partial charge in [0, 0.05) is 11.4 Å². The van der Waals surface area contributed by atoms with E-state index in [0.29, 0.717) is 21.4 Å². The second-order valence-electron chi connectivity index (χ2n) is 6.15. The van der Waals surface area contributed by atoms with E-state index in [1.165, 1.54) is 0 Å². The van der Waals surface area contributed by atoms with Crippen molar-refractivity contribution in [2.45, 2.75) is 20.8 Å². The second-order valence-corrected chi connectivity index (χ2v) is 7.15. The van der Waals surface area contributed by atoms with Gasteiger partial charge >= 0.3 is 6.03 Å². The van der Waals surface area contributed by atoms with Crippen LogP contribution in [0, 0.1) is 20.8 Å². The minimum atomic E-state index is -0.403. The Kier molecular flexibility index (Phi) is 5.52. The Morgan fingerprint density at radius 1 is 0.926 bits per heavy atom. The number of anilines is 3. The summed E-state index contributed by atoms with van der Waals surface area (Å²) in [6, 6.07) is 14.6. The van der Waals surface area contributed by atoms with Crippen molar-refractivity contribution in [1.29, 1.82) is 0 Å². The number of rotatable bonds is 4. The van der Waals surface area contributed by atoms with Crippen LogP contribution in [0.3, 0.4) is 0 Å². The molecule has 7 heteroatoms. The molecule has 3 rings (SSSR count). The van der Waals surface area contributed by atoms with Crippen molar-refractivity contribution >= 4 is 39.8 Å². The van der Waals surface area contributed by atoms with Gasteiger partial charge in [-0.25, -0.2) is 9.78 Å². The first-order valence-corrected chi connectivity index (χ1v) is 9.23. The van der Waals surface area contributed by atoms with Gasteiger partial charge in [0.15, 0.2) is 5.13 Å². The van der Waals surface area contributed by atoms with Crippen molar-refractivity contribution in [3.63, 3.8) is 0 Å². The average Bonchev–Trinajstić information content (AvgIpc) is 2.97. The summed E-state index contributed by atoms with van der Waals surface area (Å²) >= 11 is 1.14. The highest BCUT2D eigenvalue weighted by atomic mass is 32.1. The van der Waals surface area contributed by atoms with Gasteiger partial charge in [-0.2, -0.15) is 0 Å². The molecule has 0 fully saturated rings. The smallest absolute Gasteiger partial charge is 0.321 e. The summed E-state index contributed by atoms with van der Waals surface area (Å²) in [7, 11) is 0. The molecule has 138 valence electrons. The van der Waals surface area contributed by atoms with Crippen LogP contribution in [0.15, 0.2) is 48.5 Å². The zero-order valence-electron chi connectivity index (χ0n) is 15.3. The molecular weight excluding hydrogens is 360 g/mol. The zero-order chi connectivity index (χ0) is 19.4. The molecule has 2 aromatic carbocycles. The Balaban J connectivity index is 1.67. The summed E-state index contributed by atoms with van der Waals surface area (Å²) in [6.45, 7) is 5.62. The van der Waals surface area contributed by atoms with Crippen LogP contribution in [-0.4, -0.2) is 16.9 Å². The van der Waals surface area contributed by atoms with E-state index < -0.39 is 6.03 Å². The lowest BCUT2D eigenvalue weighted by Crippen LogP contribution is -2.19. The highest BCUT2D eigenvalue weighted by molar-refractivity contribution is 7.17. The number of carbonyl (C=O) groups excluding carboxylic acids is 2. The summed E-state index contributed by atoms with van der Waals surface area (Å²) in [6.07, 6.45) is 0. The van der Waals surface area contributed by atoms with Crippen LogP contribution >= 0.6 is 11.3 Å². The number of nitrogens with one attached hydrogen (secondary N) is 3. The van der Waals surface area contributed by atoms with Gasteiger partial charge in [0.05, 0.1) is 5.69 Å². The van der Waals surface area contributed by atoms with Crippen molar-refractivity contribution in [2.75, 3.05) is 16.0 Å². The molecule has 0 aliphatic carbocycles. The molecule has 3 aromatic rings. The number of urea groups is 1. The third-order valence-corrected chi connectivity index (χ3v) is 4.96. The lowest BCUT2D eigenvalue weighted by molar-refractivity contribution is 0.102. The predicted octanol–water partition coefficient (Wildman–Crippen LogP) is 4.96. The fourth-order valence-corrected chi connectivity index (χ4v) is 3.39. The molecule has 6 nitrogen and oxygen atoms in total. The van der Waals surface area contributed by atoms with Gasteiger partial charge in [0.25, 0.3) is 5.91 Å². The first-order chi connectivity index (χ1) is 12.9. The van der Waals surface area contributed by atoms with Gasteiger partial charge in [0.2, 0.25) is 0 Å². The molecule has 0 bridgehead atoms. The summed E-state index contributed by atoms with van der Waals surface area (Å²) in [5.41, 5.74) is 4.04. The number of benzene rings is 2. The molecule has 3 N–H and O–H groups in total. The van der Waals surface area contributed by atoms with Crippen molar-refractivity contribution in [1.82, 2.24) is 4.98 Å². The minimum Gasteiger partial charge on any atom is -0.321 e. The topological polar surface area (TPSA) is 83.1 Å². The zero-order valence-corrected chi connectivity index (χ0v) is 16.1. The van der Waals surface area contributed by atoms with Gasteiger partial charge in [0.1, 0.15) is 4.88 Å². The molecule has 0 unspecified atom stereocenters. The summed E-state index contributed by atoms with van der Waals surface area (Å²) < 4.78 is 0. The van der Waals surface area contributed by atoms with Crippen LogP contribution in [0.4, 0.5) is 21.3 Å². The number of carbonyl (C=O) groups is 2. The molecule has 3 amide bonds. The van der Waals surface area contributed by atoms with Gasteiger partial charge in [-0.1, -0.05) is 41.7 Å². The largest absolute Gasteiger partial charge is 0.325 e. The quantitative estimate of drug-likeness (QED) is 0.598. The van der Waals surface area contributed by atoms with Gasteiger partial charge in [-0.15, -0.1) is 0 Å². The maximum Gasteiger partial charge on any atom is 0.325 e. The maximum atomic E-state index is 12.5. The third kappa shape index (κ3) is 4.71. The van der Waals surface area contributed by atoms with Crippen LogP contribution in [-0.2, 0) is 0 Å². The van der Waals surface area contributed by atoms with E-state index >= 15 is 0 Å². The van der Waals surface area contributed by atoms with Crippen LogP contribution in [0.2, 0.25) is 0 Å². The SMILES string of the molecule is Cc1cccc(NC(=O)Nc2nc(C)c(C(=O)Nc3ccccc3C)s2)c1. The molecule has 0 aliphatic rings. The summed E-state index contributed by atoms with van der Waals surface area (Å²) in [5, 5.41) is 8.68.